The Hall–Kier alpha value is -1.62. The van der Waals surface area contributed by atoms with Crippen LogP contribution in [0.25, 0.3) is 10.1 Å². The zero-order chi connectivity index (χ0) is 13.5. The van der Waals surface area contributed by atoms with Crippen LogP contribution < -0.4 is 5.56 Å². The van der Waals surface area contributed by atoms with Gasteiger partial charge in [-0.15, -0.1) is 0 Å². The van der Waals surface area contributed by atoms with Crippen LogP contribution in [0.3, 0.4) is 0 Å². The lowest BCUT2D eigenvalue weighted by Crippen LogP contribution is -2.46. The predicted octanol–water partition coefficient (Wildman–Crippen LogP) is 2.81. The van der Waals surface area contributed by atoms with Gasteiger partial charge in [0.25, 0.3) is 5.56 Å². The van der Waals surface area contributed by atoms with Crippen molar-refractivity contribution in [1.82, 2.24) is 3.96 Å². The van der Waals surface area contributed by atoms with Gasteiger partial charge in [-0.25, -0.2) is 8.75 Å². The number of aromatic nitrogens is 1. The molecular weight excluding hydrogens is 262 g/mol. The van der Waals surface area contributed by atoms with Crippen LogP contribution in [0.2, 0.25) is 0 Å². The summed E-state index contributed by atoms with van der Waals surface area (Å²) in [4.78, 5) is 24.2. The molecule has 1 aliphatic rings. The van der Waals surface area contributed by atoms with Crippen molar-refractivity contribution in [3.63, 3.8) is 0 Å². The number of rotatable bonds is 2. The normalized spacial score (nSPS) is 18.5. The second-order valence-corrected chi connectivity index (χ2v) is 6.07. The van der Waals surface area contributed by atoms with Gasteiger partial charge in [-0.3, -0.25) is 4.79 Å². The number of hydrogen-bond donors (Lipinski definition) is 1. The Bertz CT molecular complexity index is 679. The predicted molar refractivity (Wildman–Crippen MR) is 74.8 cm³/mol. The van der Waals surface area contributed by atoms with Crippen LogP contribution in [0.1, 0.15) is 32.1 Å². The molecule has 4 nitrogen and oxygen atoms in total. The molecule has 2 aromatic rings. The van der Waals surface area contributed by atoms with Gasteiger partial charge in [0.15, 0.2) is 5.54 Å². The Morgan fingerprint density at radius 1 is 1.21 bits per heavy atom. The van der Waals surface area contributed by atoms with Crippen LogP contribution in [0.4, 0.5) is 0 Å². The van der Waals surface area contributed by atoms with E-state index in [0.717, 1.165) is 24.0 Å². The van der Waals surface area contributed by atoms with Crippen LogP contribution >= 0.6 is 11.5 Å². The summed E-state index contributed by atoms with van der Waals surface area (Å²) in [5.41, 5.74) is -1.19. The molecule has 0 saturated heterocycles. The molecule has 1 saturated carbocycles. The van der Waals surface area contributed by atoms with Crippen molar-refractivity contribution in [2.45, 2.75) is 37.6 Å². The number of nitrogens with zero attached hydrogens (tertiary/aromatic N) is 1. The Kier molecular flexibility index (Phi) is 2.93. The van der Waals surface area contributed by atoms with Crippen molar-refractivity contribution in [3.8, 4) is 0 Å². The van der Waals surface area contributed by atoms with Crippen molar-refractivity contribution in [3.05, 3.63) is 34.6 Å². The van der Waals surface area contributed by atoms with Crippen LogP contribution in [-0.2, 0) is 10.3 Å². The summed E-state index contributed by atoms with van der Waals surface area (Å²) in [7, 11) is 0. The minimum atomic E-state index is -1.03. The minimum absolute atomic E-state index is 0.162. The van der Waals surface area contributed by atoms with Gasteiger partial charge in [0.2, 0.25) is 0 Å². The van der Waals surface area contributed by atoms with Crippen molar-refractivity contribution < 1.29 is 9.90 Å². The minimum Gasteiger partial charge on any atom is -0.479 e. The second-order valence-electron chi connectivity index (χ2n) is 5.08. The smallest absolute Gasteiger partial charge is 0.330 e. The van der Waals surface area contributed by atoms with Gasteiger partial charge in [-0.2, -0.15) is 0 Å². The molecular formula is C14H15NO3S. The summed E-state index contributed by atoms with van der Waals surface area (Å²) >= 11 is 1.28. The van der Waals surface area contributed by atoms with Crippen LogP contribution in [0.15, 0.2) is 29.1 Å². The number of carboxylic acids is 1. The van der Waals surface area contributed by atoms with E-state index in [4.69, 9.17) is 0 Å². The third kappa shape index (κ3) is 1.80. The Balaban J connectivity index is 2.23. The van der Waals surface area contributed by atoms with Crippen molar-refractivity contribution in [2.24, 2.45) is 0 Å². The quantitative estimate of drug-likeness (QED) is 0.918. The first-order valence-corrected chi connectivity index (χ1v) is 7.27. The third-order valence-electron chi connectivity index (χ3n) is 3.96. The van der Waals surface area contributed by atoms with E-state index in [-0.39, 0.29) is 5.56 Å². The molecule has 1 heterocycles. The average molecular weight is 277 g/mol. The fourth-order valence-corrected chi connectivity index (χ4v) is 4.10. The van der Waals surface area contributed by atoms with E-state index < -0.39 is 11.5 Å². The summed E-state index contributed by atoms with van der Waals surface area (Å²) in [6.07, 6.45) is 3.89. The van der Waals surface area contributed by atoms with Crippen LogP contribution in [-0.4, -0.2) is 15.0 Å². The fraction of sp³-hybridized carbons (Fsp3) is 0.429. The summed E-state index contributed by atoms with van der Waals surface area (Å²) in [6, 6.07) is 7.32. The molecule has 1 aromatic carbocycles. The standard InChI is InChI=1S/C14H15NO3S/c16-12-10-6-2-3-7-11(10)19-15(12)14(13(17)18)8-4-1-5-9-14/h2-3,6-7H,1,4-5,8-9H2,(H,17,18). The van der Waals surface area contributed by atoms with E-state index in [9.17, 15) is 14.7 Å². The first-order chi connectivity index (χ1) is 9.15. The second kappa shape index (κ2) is 4.49. The number of benzene rings is 1. The van der Waals surface area contributed by atoms with E-state index in [1.54, 1.807) is 6.07 Å². The Morgan fingerprint density at radius 3 is 2.53 bits per heavy atom. The molecule has 100 valence electrons. The lowest BCUT2D eigenvalue weighted by molar-refractivity contribution is -0.149. The number of carbonyl (C=O) groups is 1. The Labute approximate surface area is 114 Å². The molecule has 0 atom stereocenters. The largest absolute Gasteiger partial charge is 0.479 e. The molecule has 1 N–H and O–H groups in total. The zero-order valence-corrected chi connectivity index (χ0v) is 11.3. The lowest BCUT2D eigenvalue weighted by atomic mass is 9.82. The van der Waals surface area contributed by atoms with Gasteiger partial charge in [-0.05, 0) is 25.0 Å². The maximum atomic E-state index is 12.4. The van der Waals surface area contributed by atoms with Gasteiger partial charge < -0.3 is 5.11 Å². The van der Waals surface area contributed by atoms with Crippen LogP contribution in [0.5, 0.6) is 0 Å². The van der Waals surface area contributed by atoms with E-state index in [0.29, 0.717) is 18.2 Å². The Morgan fingerprint density at radius 2 is 1.89 bits per heavy atom. The van der Waals surface area contributed by atoms with Gasteiger partial charge in [-0.1, -0.05) is 42.9 Å². The monoisotopic (exact) mass is 277 g/mol. The van der Waals surface area contributed by atoms with E-state index in [1.165, 1.54) is 15.5 Å². The zero-order valence-electron chi connectivity index (χ0n) is 10.5. The van der Waals surface area contributed by atoms with Crippen molar-refractivity contribution in [1.29, 1.82) is 0 Å². The van der Waals surface area contributed by atoms with Gasteiger partial charge in [0.1, 0.15) is 0 Å². The van der Waals surface area contributed by atoms with E-state index in [1.807, 2.05) is 18.2 Å². The molecule has 1 aromatic heterocycles. The molecule has 0 aliphatic heterocycles. The lowest BCUT2D eigenvalue weighted by Gasteiger charge is -2.33. The highest BCUT2D eigenvalue weighted by Crippen LogP contribution is 2.37. The molecule has 3 rings (SSSR count). The van der Waals surface area contributed by atoms with Gasteiger partial charge in [0.05, 0.1) is 10.1 Å². The summed E-state index contributed by atoms with van der Waals surface area (Å²) < 4.78 is 2.36. The molecule has 0 unspecified atom stereocenters. The van der Waals surface area contributed by atoms with E-state index >= 15 is 0 Å². The van der Waals surface area contributed by atoms with E-state index in [2.05, 4.69) is 0 Å². The molecule has 1 aliphatic carbocycles. The highest BCUT2D eigenvalue weighted by Gasteiger charge is 2.43. The molecule has 1 fully saturated rings. The molecule has 5 heteroatoms. The highest BCUT2D eigenvalue weighted by atomic mass is 32.1. The number of aliphatic carboxylic acids is 1. The molecule has 0 amide bonds. The molecule has 0 spiro atoms. The topological polar surface area (TPSA) is 59.3 Å². The fourth-order valence-electron chi connectivity index (χ4n) is 2.89. The number of fused-ring (bicyclic) bond motifs is 1. The SMILES string of the molecule is O=C(O)C1(n2sc3ccccc3c2=O)CCCCC1. The maximum Gasteiger partial charge on any atom is 0.330 e. The van der Waals surface area contributed by atoms with Crippen molar-refractivity contribution >= 4 is 27.6 Å². The summed E-state index contributed by atoms with van der Waals surface area (Å²) in [6.45, 7) is 0. The molecule has 0 bridgehead atoms. The first kappa shape index (κ1) is 12.4. The summed E-state index contributed by atoms with van der Waals surface area (Å²) in [5.74, 6) is -0.874. The average Bonchev–Trinajstić information content (AvgIpc) is 2.78. The number of hydrogen-bond acceptors (Lipinski definition) is 3. The first-order valence-electron chi connectivity index (χ1n) is 6.50. The maximum absolute atomic E-state index is 12.4. The van der Waals surface area contributed by atoms with Gasteiger partial charge >= 0.3 is 5.97 Å². The van der Waals surface area contributed by atoms with Crippen LogP contribution in [0, 0.1) is 0 Å². The molecule has 19 heavy (non-hydrogen) atoms. The highest BCUT2D eigenvalue weighted by molar-refractivity contribution is 7.14. The summed E-state index contributed by atoms with van der Waals surface area (Å²) in [5, 5.41) is 10.3. The molecule has 0 radical (unpaired) electrons. The van der Waals surface area contributed by atoms with Gasteiger partial charge in [0, 0.05) is 0 Å². The van der Waals surface area contributed by atoms with Crippen molar-refractivity contribution in [2.75, 3.05) is 0 Å². The third-order valence-corrected chi connectivity index (χ3v) is 5.21. The number of carboxylic acid groups (broad SMARTS) is 1.